The van der Waals surface area contributed by atoms with Crippen LogP contribution in [0.5, 0.6) is 0 Å². The van der Waals surface area contributed by atoms with Crippen molar-refractivity contribution in [3.8, 4) is 0 Å². The van der Waals surface area contributed by atoms with Crippen molar-refractivity contribution < 1.29 is 17.6 Å². The van der Waals surface area contributed by atoms with Crippen molar-refractivity contribution in [3.05, 3.63) is 21.7 Å². The number of alkyl halides is 3. The minimum atomic E-state index is -4.03. The second-order valence-corrected chi connectivity index (χ2v) is 5.74. The van der Waals surface area contributed by atoms with Crippen LogP contribution >= 0.6 is 22.6 Å². The van der Waals surface area contributed by atoms with E-state index in [-0.39, 0.29) is 18.9 Å². The third kappa shape index (κ3) is 3.88. The van der Waals surface area contributed by atoms with Gasteiger partial charge in [-0.3, -0.25) is 0 Å². The van der Waals surface area contributed by atoms with Crippen LogP contribution in [0.25, 0.3) is 0 Å². The average Bonchev–Trinajstić information content (AvgIpc) is 2.72. The van der Waals surface area contributed by atoms with Crippen molar-refractivity contribution in [1.82, 2.24) is 5.32 Å². The summed E-state index contributed by atoms with van der Waals surface area (Å²) in [5.41, 5.74) is 0. The zero-order valence-corrected chi connectivity index (χ0v) is 11.9. The van der Waals surface area contributed by atoms with Crippen molar-refractivity contribution >= 4 is 22.6 Å². The van der Waals surface area contributed by atoms with Crippen molar-refractivity contribution in [1.29, 1.82) is 0 Å². The molecule has 0 amide bonds. The summed E-state index contributed by atoms with van der Waals surface area (Å²) in [7, 11) is 0. The van der Waals surface area contributed by atoms with Gasteiger partial charge in [0.15, 0.2) is 3.77 Å². The molecule has 1 aromatic heterocycles. The molecule has 1 saturated carbocycles. The van der Waals surface area contributed by atoms with Gasteiger partial charge in [-0.15, -0.1) is 0 Å². The monoisotopic (exact) mass is 373 g/mol. The average molecular weight is 373 g/mol. The van der Waals surface area contributed by atoms with Gasteiger partial charge in [-0.1, -0.05) is 0 Å². The summed E-state index contributed by atoms with van der Waals surface area (Å²) >= 11 is 2.09. The van der Waals surface area contributed by atoms with E-state index >= 15 is 0 Å². The van der Waals surface area contributed by atoms with E-state index < -0.39 is 12.1 Å². The largest absolute Gasteiger partial charge is 0.454 e. The first kappa shape index (κ1) is 14.2. The summed E-state index contributed by atoms with van der Waals surface area (Å²) in [5, 5.41) is 3.26. The third-order valence-electron chi connectivity index (χ3n) is 3.38. The van der Waals surface area contributed by atoms with Crippen LogP contribution in [-0.2, 0) is 6.54 Å². The van der Waals surface area contributed by atoms with Crippen LogP contribution in [0.1, 0.15) is 31.4 Å². The summed E-state index contributed by atoms with van der Waals surface area (Å²) < 4.78 is 43.7. The molecule has 1 fully saturated rings. The molecule has 0 aromatic carbocycles. The molecule has 0 unspecified atom stereocenters. The summed E-state index contributed by atoms with van der Waals surface area (Å²) in [4.78, 5) is 0. The Morgan fingerprint density at radius 3 is 2.39 bits per heavy atom. The van der Waals surface area contributed by atoms with Gasteiger partial charge in [-0.05, 0) is 60.4 Å². The number of rotatable bonds is 3. The van der Waals surface area contributed by atoms with Gasteiger partial charge in [0.2, 0.25) is 0 Å². The highest BCUT2D eigenvalue weighted by Crippen LogP contribution is 2.37. The Bertz CT molecular complexity index is 383. The van der Waals surface area contributed by atoms with E-state index in [9.17, 15) is 13.2 Å². The molecule has 2 nitrogen and oxygen atoms in total. The number of furan rings is 1. The molecule has 1 heterocycles. The van der Waals surface area contributed by atoms with Crippen LogP contribution in [0.2, 0.25) is 0 Å². The van der Waals surface area contributed by atoms with Gasteiger partial charge >= 0.3 is 6.18 Å². The Hall–Kier alpha value is -0.240. The molecule has 1 aliphatic carbocycles. The zero-order chi connectivity index (χ0) is 13.2. The Balaban J connectivity index is 1.74. The highest BCUT2D eigenvalue weighted by molar-refractivity contribution is 14.1. The molecule has 0 spiro atoms. The Morgan fingerprint density at radius 1 is 1.22 bits per heavy atom. The minimum absolute atomic E-state index is 0.173. The van der Waals surface area contributed by atoms with Crippen LogP contribution in [-0.4, -0.2) is 12.2 Å². The van der Waals surface area contributed by atoms with Crippen LogP contribution in [0.4, 0.5) is 13.2 Å². The lowest BCUT2D eigenvalue weighted by Gasteiger charge is -2.30. The van der Waals surface area contributed by atoms with Gasteiger partial charge in [0.1, 0.15) is 5.76 Å². The molecular weight excluding hydrogens is 358 g/mol. The fraction of sp³-hybridized carbons (Fsp3) is 0.667. The molecule has 0 radical (unpaired) electrons. The first-order chi connectivity index (χ1) is 8.45. The second kappa shape index (κ2) is 5.81. The fourth-order valence-corrected chi connectivity index (χ4v) is 2.78. The van der Waals surface area contributed by atoms with Gasteiger partial charge in [0.25, 0.3) is 0 Å². The lowest BCUT2D eigenvalue weighted by molar-refractivity contribution is -0.182. The van der Waals surface area contributed by atoms with Gasteiger partial charge in [-0.2, -0.15) is 13.2 Å². The summed E-state index contributed by atoms with van der Waals surface area (Å²) in [6, 6.07) is 3.93. The van der Waals surface area contributed by atoms with Gasteiger partial charge in [-0.25, -0.2) is 0 Å². The van der Waals surface area contributed by atoms with Crippen molar-refractivity contribution in [3.63, 3.8) is 0 Å². The minimum Gasteiger partial charge on any atom is -0.454 e. The van der Waals surface area contributed by atoms with E-state index in [1.807, 2.05) is 12.1 Å². The quantitative estimate of drug-likeness (QED) is 0.808. The molecule has 0 atom stereocenters. The van der Waals surface area contributed by atoms with Crippen LogP contribution in [0.3, 0.4) is 0 Å². The normalized spacial score (nSPS) is 25.3. The van der Waals surface area contributed by atoms with E-state index in [0.717, 1.165) is 9.53 Å². The fourth-order valence-electron chi connectivity index (χ4n) is 2.32. The predicted molar refractivity (Wildman–Crippen MR) is 70.1 cm³/mol. The lowest BCUT2D eigenvalue weighted by atomic mass is 9.85. The summed E-state index contributed by atoms with van der Waals surface area (Å²) in [5.74, 6) is -0.280. The maximum atomic E-state index is 12.5. The lowest BCUT2D eigenvalue weighted by Crippen LogP contribution is -2.36. The van der Waals surface area contributed by atoms with E-state index in [0.29, 0.717) is 19.4 Å². The van der Waals surface area contributed by atoms with Crippen LogP contribution in [0, 0.1) is 9.68 Å². The van der Waals surface area contributed by atoms with Gasteiger partial charge in [0.05, 0.1) is 12.5 Å². The van der Waals surface area contributed by atoms with E-state index in [1.165, 1.54) is 0 Å². The maximum Gasteiger partial charge on any atom is 0.391 e. The molecule has 1 aliphatic rings. The van der Waals surface area contributed by atoms with Crippen molar-refractivity contribution in [2.24, 2.45) is 5.92 Å². The molecule has 0 bridgehead atoms. The first-order valence-corrected chi connectivity index (χ1v) is 7.07. The first-order valence-electron chi connectivity index (χ1n) is 5.99. The Labute approximate surface area is 117 Å². The molecular formula is C12H15F3INO. The topological polar surface area (TPSA) is 25.2 Å². The SMILES string of the molecule is FC(F)(F)C1CCC(NCc2ccc(I)o2)CC1. The van der Waals surface area contributed by atoms with E-state index in [2.05, 4.69) is 27.9 Å². The second-order valence-electron chi connectivity index (χ2n) is 4.68. The van der Waals surface area contributed by atoms with Crippen molar-refractivity contribution in [2.45, 2.75) is 44.4 Å². The maximum absolute atomic E-state index is 12.5. The molecule has 2 rings (SSSR count). The van der Waals surface area contributed by atoms with Crippen molar-refractivity contribution in [2.75, 3.05) is 0 Å². The molecule has 1 aromatic rings. The number of nitrogens with one attached hydrogen (secondary N) is 1. The molecule has 0 aliphatic heterocycles. The zero-order valence-electron chi connectivity index (χ0n) is 9.77. The highest BCUT2D eigenvalue weighted by atomic mass is 127. The highest BCUT2D eigenvalue weighted by Gasteiger charge is 2.41. The predicted octanol–water partition coefficient (Wildman–Crippen LogP) is 4.09. The molecule has 0 saturated heterocycles. The smallest absolute Gasteiger partial charge is 0.391 e. The number of halogens is 4. The molecule has 18 heavy (non-hydrogen) atoms. The number of hydrogen-bond acceptors (Lipinski definition) is 2. The third-order valence-corrected chi connectivity index (χ3v) is 3.96. The van der Waals surface area contributed by atoms with Gasteiger partial charge in [0, 0.05) is 6.04 Å². The molecule has 6 heteroatoms. The van der Waals surface area contributed by atoms with Crippen LogP contribution < -0.4 is 5.32 Å². The van der Waals surface area contributed by atoms with Crippen LogP contribution in [0.15, 0.2) is 16.5 Å². The Kier molecular flexibility index (Phi) is 4.58. The standard InChI is InChI=1S/C12H15F3INO/c13-12(14,15)8-1-3-9(4-2-8)17-7-10-5-6-11(16)18-10/h5-6,8-9,17H,1-4,7H2. The van der Waals surface area contributed by atoms with E-state index in [1.54, 1.807) is 0 Å². The van der Waals surface area contributed by atoms with E-state index in [4.69, 9.17) is 4.42 Å². The van der Waals surface area contributed by atoms with Gasteiger partial charge < -0.3 is 9.73 Å². The summed E-state index contributed by atoms with van der Waals surface area (Å²) in [6.07, 6.45) is -2.39. The Morgan fingerprint density at radius 2 is 1.89 bits per heavy atom. The molecule has 102 valence electrons. The molecule has 1 N–H and O–H groups in total. The summed E-state index contributed by atoms with van der Waals surface area (Å²) in [6.45, 7) is 0.588. The number of hydrogen-bond donors (Lipinski definition) is 1.